The van der Waals surface area contributed by atoms with Gasteiger partial charge in [0.05, 0.1) is 19.3 Å². The number of rotatable bonds is 6. The summed E-state index contributed by atoms with van der Waals surface area (Å²) in [4.78, 5) is 37.4. The number of urea groups is 1. The van der Waals surface area contributed by atoms with Crippen molar-refractivity contribution in [3.63, 3.8) is 0 Å². The molecule has 1 rings (SSSR count). The van der Waals surface area contributed by atoms with Gasteiger partial charge in [-0.1, -0.05) is 13.8 Å². The van der Waals surface area contributed by atoms with Crippen molar-refractivity contribution in [2.75, 3.05) is 33.4 Å². The predicted molar refractivity (Wildman–Crippen MR) is 74.5 cm³/mol. The summed E-state index contributed by atoms with van der Waals surface area (Å²) in [6.45, 7) is 4.27. The van der Waals surface area contributed by atoms with Crippen LogP contribution in [0, 0.1) is 11.8 Å². The number of carboxylic acid groups (broad SMARTS) is 1. The van der Waals surface area contributed by atoms with Crippen LogP contribution in [0.15, 0.2) is 0 Å². The van der Waals surface area contributed by atoms with Crippen LogP contribution in [0.5, 0.6) is 0 Å². The number of carbonyl (C=O) groups excluding carboxylic acids is 2. The molecule has 8 heteroatoms. The molecule has 0 aliphatic carbocycles. The summed E-state index contributed by atoms with van der Waals surface area (Å²) in [7, 11) is 1.52. The van der Waals surface area contributed by atoms with Crippen molar-refractivity contribution in [1.82, 2.24) is 9.80 Å². The van der Waals surface area contributed by atoms with E-state index in [0.29, 0.717) is 6.54 Å². The Morgan fingerprint density at radius 1 is 1.33 bits per heavy atom. The third-order valence-corrected chi connectivity index (χ3v) is 3.37. The third-order valence-electron chi connectivity index (χ3n) is 3.37. The Morgan fingerprint density at radius 3 is 2.43 bits per heavy atom. The van der Waals surface area contributed by atoms with Crippen molar-refractivity contribution in [2.45, 2.75) is 19.9 Å². The summed E-state index contributed by atoms with van der Waals surface area (Å²) in [5.74, 6) is -2.19. The number of hydrogen-bond donors (Lipinski definition) is 2. The maximum absolute atomic E-state index is 12.5. The number of carbonyl (C=O) groups is 3. The second kappa shape index (κ2) is 7.26. The molecule has 3 amide bonds. The molecule has 1 fully saturated rings. The van der Waals surface area contributed by atoms with Gasteiger partial charge in [0, 0.05) is 13.6 Å². The SMILES string of the molecule is CC(C)CN(CC(N)=O)C(=O)N(C)C1COCC1C(=O)O. The Morgan fingerprint density at radius 2 is 1.95 bits per heavy atom. The molecule has 3 N–H and O–H groups in total. The number of primary amides is 1. The van der Waals surface area contributed by atoms with Crippen LogP contribution in [0.4, 0.5) is 4.79 Å². The fourth-order valence-electron chi connectivity index (χ4n) is 2.36. The molecule has 1 heterocycles. The summed E-state index contributed by atoms with van der Waals surface area (Å²) >= 11 is 0. The van der Waals surface area contributed by atoms with Gasteiger partial charge in [0.1, 0.15) is 12.5 Å². The molecule has 0 aromatic heterocycles. The number of nitrogens with two attached hydrogens (primary N) is 1. The molecule has 0 bridgehead atoms. The van der Waals surface area contributed by atoms with E-state index in [4.69, 9.17) is 15.6 Å². The molecule has 0 aromatic carbocycles. The van der Waals surface area contributed by atoms with Crippen molar-refractivity contribution in [1.29, 1.82) is 0 Å². The molecule has 0 radical (unpaired) electrons. The Bertz CT molecular complexity index is 413. The second-order valence-corrected chi connectivity index (χ2v) is 5.68. The van der Waals surface area contributed by atoms with E-state index in [1.54, 1.807) is 0 Å². The van der Waals surface area contributed by atoms with E-state index in [0.717, 1.165) is 0 Å². The Hall–Kier alpha value is -1.83. The molecule has 1 aliphatic rings. The van der Waals surface area contributed by atoms with Crippen LogP contribution < -0.4 is 5.73 Å². The lowest BCUT2D eigenvalue weighted by Crippen LogP contribution is -2.52. The van der Waals surface area contributed by atoms with E-state index < -0.39 is 29.9 Å². The smallest absolute Gasteiger partial charge is 0.320 e. The highest BCUT2D eigenvalue weighted by atomic mass is 16.5. The Labute approximate surface area is 123 Å². The first kappa shape index (κ1) is 17.2. The number of likely N-dealkylation sites (N-methyl/N-ethyl adjacent to an activating group) is 1. The number of carboxylic acids is 1. The first-order valence-corrected chi connectivity index (χ1v) is 6.84. The fourth-order valence-corrected chi connectivity index (χ4v) is 2.36. The minimum Gasteiger partial charge on any atom is -0.481 e. The number of amides is 3. The molecule has 0 saturated carbocycles. The van der Waals surface area contributed by atoms with Crippen molar-refractivity contribution in [3.05, 3.63) is 0 Å². The zero-order valence-corrected chi connectivity index (χ0v) is 12.6. The summed E-state index contributed by atoms with van der Waals surface area (Å²) in [5, 5.41) is 9.14. The zero-order chi connectivity index (χ0) is 16.2. The molecule has 1 saturated heterocycles. The van der Waals surface area contributed by atoms with Crippen LogP contribution in [-0.4, -0.2) is 72.2 Å². The van der Waals surface area contributed by atoms with E-state index >= 15 is 0 Å². The minimum atomic E-state index is -0.998. The normalized spacial score (nSPS) is 21.3. The summed E-state index contributed by atoms with van der Waals surface area (Å²) < 4.78 is 5.16. The predicted octanol–water partition coefficient (Wildman–Crippen LogP) is -0.419. The fraction of sp³-hybridized carbons (Fsp3) is 0.769. The second-order valence-electron chi connectivity index (χ2n) is 5.68. The van der Waals surface area contributed by atoms with Gasteiger partial charge in [-0.25, -0.2) is 4.79 Å². The minimum absolute atomic E-state index is 0.0810. The molecule has 2 atom stereocenters. The maximum Gasteiger partial charge on any atom is 0.320 e. The zero-order valence-electron chi connectivity index (χ0n) is 12.6. The molecule has 21 heavy (non-hydrogen) atoms. The van der Waals surface area contributed by atoms with Crippen LogP contribution >= 0.6 is 0 Å². The quantitative estimate of drug-likeness (QED) is 0.692. The van der Waals surface area contributed by atoms with Gasteiger partial charge in [-0.2, -0.15) is 0 Å². The number of hydrogen-bond acceptors (Lipinski definition) is 4. The van der Waals surface area contributed by atoms with E-state index in [9.17, 15) is 14.4 Å². The highest BCUT2D eigenvalue weighted by Gasteiger charge is 2.39. The average molecular weight is 301 g/mol. The molecule has 0 aromatic rings. The van der Waals surface area contributed by atoms with Gasteiger partial charge < -0.3 is 25.4 Å². The summed E-state index contributed by atoms with van der Waals surface area (Å²) in [6.07, 6.45) is 0. The average Bonchev–Trinajstić information content (AvgIpc) is 2.84. The highest BCUT2D eigenvalue weighted by molar-refractivity contribution is 5.83. The van der Waals surface area contributed by atoms with E-state index in [2.05, 4.69) is 0 Å². The topological polar surface area (TPSA) is 113 Å². The number of aliphatic carboxylic acids is 1. The standard InChI is InChI=1S/C13H23N3O5/c1-8(2)4-16(5-11(14)17)13(20)15(3)10-7-21-6-9(10)12(18)19/h8-10H,4-7H2,1-3H3,(H2,14,17)(H,18,19). The summed E-state index contributed by atoms with van der Waals surface area (Å²) in [6, 6.07) is -0.957. The third kappa shape index (κ3) is 4.59. The molecule has 0 spiro atoms. The van der Waals surface area contributed by atoms with Crippen molar-refractivity contribution < 1.29 is 24.2 Å². The van der Waals surface area contributed by atoms with E-state index in [1.165, 1.54) is 16.8 Å². The molecular weight excluding hydrogens is 278 g/mol. The van der Waals surface area contributed by atoms with E-state index in [-0.39, 0.29) is 25.7 Å². The van der Waals surface area contributed by atoms with Crippen molar-refractivity contribution >= 4 is 17.9 Å². The van der Waals surface area contributed by atoms with Crippen LogP contribution in [0.25, 0.3) is 0 Å². The van der Waals surface area contributed by atoms with Gasteiger partial charge in [-0.05, 0) is 5.92 Å². The lowest BCUT2D eigenvalue weighted by Gasteiger charge is -2.32. The first-order chi connectivity index (χ1) is 9.73. The van der Waals surface area contributed by atoms with Crippen molar-refractivity contribution in [2.24, 2.45) is 17.6 Å². The van der Waals surface area contributed by atoms with Gasteiger partial charge in [0.25, 0.3) is 0 Å². The molecule has 120 valence electrons. The first-order valence-electron chi connectivity index (χ1n) is 6.84. The van der Waals surface area contributed by atoms with Crippen molar-refractivity contribution in [3.8, 4) is 0 Å². The molecular formula is C13H23N3O5. The molecule has 2 unspecified atom stereocenters. The molecule has 1 aliphatic heterocycles. The van der Waals surface area contributed by atoms with Crippen LogP contribution in [0.3, 0.4) is 0 Å². The largest absolute Gasteiger partial charge is 0.481 e. The monoisotopic (exact) mass is 301 g/mol. The highest BCUT2D eigenvalue weighted by Crippen LogP contribution is 2.20. The van der Waals surface area contributed by atoms with Crippen LogP contribution in [0.2, 0.25) is 0 Å². The van der Waals surface area contributed by atoms with Crippen LogP contribution in [-0.2, 0) is 14.3 Å². The summed E-state index contributed by atoms with van der Waals surface area (Å²) in [5.41, 5.74) is 5.17. The number of nitrogens with zero attached hydrogens (tertiary/aromatic N) is 2. The van der Waals surface area contributed by atoms with Gasteiger partial charge in [0.15, 0.2) is 0 Å². The Kier molecular flexibility index (Phi) is 5.95. The van der Waals surface area contributed by atoms with Gasteiger partial charge in [-0.15, -0.1) is 0 Å². The Balaban J connectivity index is 2.81. The van der Waals surface area contributed by atoms with Crippen LogP contribution in [0.1, 0.15) is 13.8 Å². The van der Waals surface area contributed by atoms with Gasteiger partial charge >= 0.3 is 12.0 Å². The maximum atomic E-state index is 12.5. The van der Waals surface area contributed by atoms with Gasteiger partial charge in [-0.3, -0.25) is 9.59 Å². The van der Waals surface area contributed by atoms with Gasteiger partial charge in [0.2, 0.25) is 5.91 Å². The van der Waals surface area contributed by atoms with E-state index in [1.807, 2.05) is 13.8 Å². The lowest BCUT2D eigenvalue weighted by molar-refractivity contribution is -0.142. The lowest BCUT2D eigenvalue weighted by atomic mass is 10.0. The molecule has 8 nitrogen and oxygen atoms in total. The number of ether oxygens (including phenoxy) is 1.